The first kappa shape index (κ1) is 20.8. The van der Waals surface area contributed by atoms with Crippen LogP contribution in [-0.4, -0.2) is 6.38 Å². The highest BCUT2D eigenvalue weighted by atomic mass is 35.5. The Kier molecular flexibility index (Phi) is 10.7. The van der Waals surface area contributed by atoms with Gasteiger partial charge in [-0.3, -0.25) is 0 Å². The van der Waals surface area contributed by atoms with Gasteiger partial charge in [0.25, 0.3) is 0 Å². The van der Waals surface area contributed by atoms with Crippen LogP contribution in [0.2, 0.25) is 0 Å². The molecule has 1 aliphatic carbocycles. The van der Waals surface area contributed by atoms with Crippen molar-refractivity contribution >= 4 is 11.6 Å². The zero-order valence-electron chi connectivity index (χ0n) is 12.2. The second-order valence-corrected chi connectivity index (χ2v) is 4.85. The third kappa shape index (κ3) is 6.09. The summed E-state index contributed by atoms with van der Waals surface area (Å²) < 4.78 is 0. The number of rotatable bonds is 0. The molecule has 3 heteroatoms. The minimum absolute atomic E-state index is 0. The lowest BCUT2D eigenvalue weighted by Gasteiger charge is -1.94. The lowest BCUT2D eigenvalue weighted by atomic mass is 10.1. The molecule has 0 atom stereocenters. The van der Waals surface area contributed by atoms with E-state index in [0.29, 0.717) is 11.1 Å². The summed E-state index contributed by atoms with van der Waals surface area (Å²) in [7, 11) is 0. The van der Waals surface area contributed by atoms with Crippen LogP contribution in [0.3, 0.4) is 0 Å². The van der Waals surface area contributed by atoms with Crippen LogP contribution in [0.4, 0.5) is 0 Å². The maximum atomic E-state index is 8.57. The van der Waals surface area contributed by atoms with E-state index in [9.17, 15) is 0 Å². The summed E-state index contributed by atoms with van der Waals surface area (Å²) in [4.78, 5) is 0. The topological polar surface area (TPSA) is 47.6 Å². The van der Waals surface area contributed by atoms with Crippen LogP contribution < -0.4 is 0 Å². The molecule has 1 aromatic rings. The lowest BCUT2D eigenvalue weighted by molar-refractivity contribution is 0.834. The fourth-order valence-corrected chi connectivity index (χ4v) is 1.76. The second kappa shape index (κ2) is 10.3. The van der Waals surface area contributed by atoms with Gasteiger partial charge in [-0.1, -0.05) is 34.3 Å². The van der Waals surface area contributed by atoms with E-state index in [2.05, 4.69) is 32.4 Å². The van der Waals surface area contributed by atoms with Crippen molar-refractivity contribution in [1.82, 2.24) is 0 Å². The Balaban J connectivity index is 0. The summed E-state index contributed by atoms with van der Waals surface area (Å²) in [5.41, 5.74) is 1.89. The first-order valence-corrected chi connectivity index (χ1v) is 7.05. The molecule has 110 valence electrons. The fraction of sp³-hybridized carbons (Fsp3) is 0.529. The lowest BCUT2D eigenvalue weighted by Crippen LogP contribution is -1.83. The summed E-state index contributed by atoms with van der Waals surface area (Å²) in [6, 6.07) is 9.10. The van der Waals surface area contributed by atoms with Crippen molar-refractivity contribution in [3.05, 3.63) is 34.9 Å². The Labute approximate surface area is 129 Å². The molecule has 0 amide bonds. The van der Waals surface area contributed by atoms with Crippen LogP contribution in [0.1, 0.15) is 44.9 Å². The number of nitriles is 2. The third-order valence-electron chi connectivity index (χ3n) is 3.76. The number of benzene rings is 1. The Morgan fingerprint density at radius 3 is 1.60 bits per heavy atom. The summed E-state index contributed by atoms with van der Waals surface area (Å²) in [5.74, 6) is 3.06. The normalized spacial score (nSPS) is 21.5. The highest BCUT2D eigenvalue weighted by Crippen LogP contribution is 2.44. The molecule has 1 saturated carbocycles. The van der Waals surface area contributed by atoms with Crippen LogP contribution in [0.15, 0.2) is 18.2 Å². The zero-order valence-corrected chi connectivity index (χ0v) is 13.0. The minimum Gasteiger partial charge on any atom is -0.192 e. The van der Waals surface area contributed by atoms with Crippen LogP contribution in [0, 0.1) is 47.3 Å². The van der Waals surface area contributed by atoms with Crippen molar-refractivity contribution in [2.75, 3.05) is 6.38 Å². The van der Waals surface area contributed by atoms with Crippen LogP contribution >= 0.6 is 11.6 Å². The van der Waals surface area contributed by atoms with Crippen molar-refractivity contribution in [3.8, 4) is 12.1 Å². The smallest absolute Gasteiger partial charge is 0.101 e. The van der Waals surface area contributed by atoms with E-state index in [0.717, 1.165) is 23.3 Å². The Morgan fingerprint density at radius 1 is 0.900 bits per heavy atom. The van der Waals surface area contributed by atoms with Gasteiger partial charge in [0.1, 0.15) is 12.1 Å². The van der Waals surface area contributed by atoms with Gasteiger partial charge in [0.15, 0.2) is 0 Å². The summed E-state index contributed by atoms with van der Waals surface area (Å²) in [6.45, 7) is 8.84. The molecule has 2 nitrogen and oxygen atoms in total. The zero-order chi connectivity index (χ0) is 15.0. The molecule has 0 aromatic heterocycles. The summed E-state index contributed by atoms with van der Waals surface area (Å²) >= 11 is 4.64. The van der Waals surface area contributed by atoms with Crippen molar-refractivity contribution in [2.45, 2.75) is 35.1 Å². The Morgan fingerprint density at radius 2 is 1.30 bits per heavy atom. The average molecular weight is 293 g/mol. The molecule has 0 aliphatic heterocycles. The number of aryl methyl sites for hydroxylation is 1. The van der Waals surface area contributed by atoms with Crippen molar-refractivity contribution < 1.29 is 0 Å². The molecule has 0 saturated heterocycles. The highest BCUT2D eigenvalue weighted by molar-refractivity contribution is 6.15. The van der Waals surface area contributed by atoms with E-state index < -0.39 is 0 Å². The molecule has 0 spiro atoms. The van der Waals surface area contributed by atoms with Gasteiger partial charge in [-0.15, -0.1) is 11.6 Å². The highest BCUT2D eigenvalue weighted by Gasteiger charge is 2.37. The number of halogens is 1. The van der Waals surface area contributed by atoms with E-state index in [4.69, 9.17) is 10.5 Å². The van der Waals surface area contributed by atoms with Crippen LogP contribution in [-0.2, 0) is 0 Å². The van der Waals surface area contributed by atoms with E-state index >= 15 is 0 Å². The molecular weight excluding hydrogens is 268 g/mol. The van der Waals surface area contributed by atoms with Crippen molar-refractivity contribution in [1.29, 1.82) is 10.5 Å². The Hall–Kier alpha value is -1.51. The largest absolute Gasteiger partial charge is 0.192 e. The summed E-state index contributed by atoms with van der Waals surface area (Å²) in [5, 5.41) is 17.1. The second-order valence-electron chi connectivity index (χ2n) is 4.85. The minimum atomic E-state index is 0. The molecule has 2 rings (SSSR count). The predicted molar refractivity (Wildman–Crippen MR) is 86.6 cm³/mol. The molecule has 0 radical (unpaired) electrons. The van der Waals surface area contributed by atoms with Gasteiger partial charge < -0.3 is 0 Å². The maximum Gasteiger partial charge on any atom is 0.101 e. The molecule has 1 fully saturated rings. The van der Waals surface area contributed by atoms with E-state index in [1.807, 2.05) is 25.1 Å². The molecule has 0 heterocycles. The number of hydrogen-bond donors (Lipinski definition) is 0. The van der Waals surface area contributed by atoms with E-state index in [-0.39, 0.29) is 7.43 Å². The molecule has 20 heavy (non-hydrogen) atoms. The number of hydrogen-bond acceptors (Lipinski definition) is 2. The molecule has 0 bridgehead atoms. The van der Waals surface area contributed by atoms with Crippen molar-refractivity contribution in [2.24, 2.45) is 17.8 Å². The quantitative estimate of drug-likeness (QED) is 0.622. The van der Waals surface area contributed by atoms with Gasteiger partial charge in [0, 0.05) is 6.38 Å². The Bertz CT molecular complexity index is 462. The molecule has 0 unspecified atom stereocenters. The van der Waals surface area contributed by atoms with Gasteiger partial charge in [-0.05, 0) is 42.4 Å². The molecule has 0 N–H and O–H groups in total. The van der Waals surface area contributed by atoms with E-state index in [1.54, 1.807) is 12.1 Å². The van der Waals surface area contributed by atoms with E-state index in [1.165, 1.54) is 6.38 Å². The van der Waals surface area contributed by atoms with Gasteiger partial charge in [0.2, 0.25) is 0 Å². The third-order valence-corrected chi connectivity index (χ3v) is 3.76. The van der Waals surface area contributed by atoms with Gasteiger partial charge in [-0.2, -0.15) is 10.5 Å². The first-order chi connectivity index (χ1) is 9.01. The fourth-order valence-electron chi connectivity index (χ4n) is 1.76. The van der Waals surface area contributed by atoms with Gasteiger partial charge in [-0.25, -0.2) is 0 Å². The summed E-state index contributed by atoms with van der Waals surface area (Å²) in [6.07, 6.45) is 1.47. The monoisotopic (exact) mass is 292 g/mol. The maximum absolute atomic E-state index is 8.57. The standard InChI is InChI=1S/C9H6N2.C6H12.CH3Cl.CH4/c1-7-2-3-8(5-10)9(4-7)6-11;1-4-5(2)6(4)3;1-2;/h2-4H,1H3;4-6H,1-3H3;1H3;1H4. The van der Waals surface area contributed by atoms with Crippen LogP contribution in [0.5, 0.6) is 0 Å². The molecular formula is C17H25ClN2. The van der Waals surface area contributed by atoms with Crippen molar-refractivity contribution in [3.63, 3.8) is 0 Å². The van der Waals surface area contributed by atoms with Gasteiger partial charge in [0.05, 0.1) is 11.1 Å². The first-order valence-electron chi connectivity index (χ1n) is 6.30. The van der Waals surface area contributed by atoms with Crippen LogP contribution in [0.25, 0.3) is 0 Å². The molecule has 1 aromatic carbocycles. The number of alkyl halides is 1. The SMILES string of the molecule is C.CC1C(C)C1C.CCl.Cc1ccc(C#N)c(C#N)c1. The van der Waals surface area contributed by atoms with Gasteiger partial charge >= 0.3 is 0 Å². The predicted octanol–water partition coefficient (Wildman–Crippen LogP) is 5.14. The number of nitrogens with zero attached hydrogens (tertiary/aromatic N) is 2. The average Bonchev–Trinajstić information content (AvgIpc) is 2.98. The molecule has 1 aliphatic rings.